The molecule has 1 N–H and O–H groups in total. The minimum atomic E-state index is 0.0310. The Hall–Kier alpha value is -2.07. The second kappa shape index (κ2) is 5.29. The van der Waals surface area contributed by atoms with Gasteiger partial charge in [0.15, 0.2) is 0 Å². The number of hydrogen-bond donors (Lipinski definition) is 1. The fourth-order valence-corrected chi connectivity index (χ4v) is 3.77. The molecule has 114 valence electrons. The van der Waals surface area contributed by atoms with E-state index in [4.69, 9.17) is 4.74 Å². The third kappa shape index (κ3) is 2.24. The van der Waals surface area contributed by atoms with E-state index in [1.807, 2.05) is 36.4 Å². The van der Waals surface area contributed by atoms with Crippen LogP contribution < -0.4 is 10.1 Å². The molecule has 4 heteroatoms. The highest BCUT2D eigenvalue weighted by Gasteiger charge is 2.38. The summed E-state index contributed by atoms with van der Waals surface area (Å²) in [6.07, 6.45) is 1.21. The minimum absolute atomic E-state index is 0.0310. The van der Waals surface area contributed by atoms with Crippen LogP contribution in [0.5, 0.6) is 5.75 Å². The second-order valence-electron chi connectivity index (χ2n) is 6.28. The number of carbonyl (C=O) groups excluding carboxylic acids is 1. The Kier molecular flexibility index (Phi) is 3.26. The van der Waals surface area contributed by atoms with E-state index in [1.165, 1.54) is 13.0 Å². The molecule has 22 heavy (non-hydrogen) atoms. The van der Waals surface area contributed by atoms with Crippen molar-refractivity contribution in [2.24, 2.45) is 5.92 Å². The van der Waals surface area contributed by atoms with E-state index < -0.39 is 0 Å². The lowest BCUT2D eigenvalue weighted by atomic mass is 9.99. The van der Waals surface area contributed by atoms with Crippen LogP contribution in [-0.4, -0.2) is 43.6 Å². The first kappa shape index (κ1) is 13.6. The summed E-state index contributed by atoms with van der Waals surface area (Å²) in [6, 6.07) is 12.0. The van der Waals surface area contributed by atoms with Crippen molar-refractivity contribution in [3.63, 3.8) is 0 Å². The van der Waals surface area contributed by atoms with Crippen molar-refractivity contribution in [2.75, 3.05) is 26.7 Å². The van der Waals surface area contributed by atoms with Crippen molar-refractivity contribution in [3.05, 3.63) is 42.0 Å². The number of rotatable bonds is 3. The largest absolute Gasteiger partial charge is 0.496 e. The highest BCUT2D eigenvalue weighted by atomic mass is 16.5. The van der Waals surface area contributed by atoms with Gasteiger partial charge < -0.3 is 15.0 Å². The molecule has 1 amide bonds. The molecular weight excluding hydrogens is 276 g/mol. The van der Waals surface area contributed by atoms with E-state index in [-0.39, 0.29) is 5.91 Å². The first-order valence-corrected chi connectivity index (χ1v) is 7.84. The third-order valence-corrected chi connectivity index (χ3v) is 4.97. The van der Waals surface area contributed by atoms with Crippen LogP contribution in [0.25, 0.3) is 10.8 Å². The smallest absolute Gasteiger partial charge is 0.251 e. The van der Waals surface area contributed by atoms with Gasteiger partial charge in [0, 0.05) is 30.1 Å². The fraction of sp³-hybridized carbons (Fsp3) is 0.389. The van der Waals surface area contributed by atoms with Gasteiger partial charge in [0.2, 0.25) is 0 Å². The Morgan fingerprint density at radius 3 is 2.91 bits per heavy atom. The van der Waals surface area contributed by atoms with Gasteiger partial charge >= 0.3 is 0 Å². The lowest BCUT2D eigenvalue weighted by molar-refractivity contribution is 0.0924. The van der Waals surface area contributed by atoms with Crippen molar-refractivity contribution < 1.29 is 9.53 Å². The average Bonchev–Trinajstić information content (AvgIpc) is 3.16. The summed E-state index contributed by atoms with van der Waals surface area (Å²) in [4.78, 5) is 14.9. The molecule has 3 unspecified atom stereocenters. The molecular formula is C18H20N2O2. The van der Waals surface area contributed by atoms with Crippen LogP contribution >= 0.6 is 0 Å². The van der Waals surface area contributed by atoms with Gasteiger partial charge in [-0.1, -0.05) is 12.1 Å². The molecule has 0 saturated carbocycles. The summed E-state index contributed by atoms with van der Waals surface area (Å²) in [7, 11) is 1.67. The average molecular weight is 296 g/mol. The molecule has 3 atom stereocenters. The van der Waals surface area contributed by atoms with E-state index in [2.05, 4.69) is 10.2 Å². The summed E-state index contributed by atoms with van der Waals surface area (Å²) >= 11 is 0. The molecule has 4 rings (SSSR count). The van der Waals surface area contributed by atoms with Gasteiger partial charge in [0.1, 0.15) is 5.75 Å². The Bertz CT molecular complexity index is 728. The number of fused-ring (bicyclic) bond motifs is 3. The molecule has 0 aromatic heterocycles. The topological polar surface area (TPSA) is 41.6 Å². The molecule has 0 spiro atoms. The summed E-state index contributed by atoms with van der Waals surface area (Å²) in [5.41, 5.74) is 0.721. The molecule has 0 aliphatic carbocycles. The number of methoxy groups -OCH3 is 1. The van der Waals surface area contributed by atoms with Crippen LogP contribution in [0.2, 0.25) is 0 Å². The number of ether oxygens (including phenoxy) is 1. The quantitative estimate of drug-likeness (QED) is 0.945. The minimum Gasteiger partial charge on any atom is -0.496 e. The zero-order chi connectivity index (χ0) is 15.1. The summed E-state index contributed by atoms with van der Waals surface area (Å²) in [5, 5.41) is 5.27. The Morgan fingerprint density at radius 1 is 1.27 bits per heavy atom. The molecule has 2 saturated heterocycles. The Morgan fingerprint density at radius 2 is 2.18 bits per heavy atom. The van der Waals surface area contributed by atoms with E-state index in [1.54, 1.807) is 7.11 Å². The van der Waals surface area contributed by atoms with E-state index in [0.717, 1.165) is 35.2 Å². The van der Waals surface area contributed by atoms with Gasteiger partial charge in [-0.25, -0.2) is 0 Å². The van der Waals surface area contributed by atoms with Gasteiger partial charge in [-0.2, -0.15) is 0 Å². The standard InChI is InChI=1S/C18H20N2O2/c1-22-17-4-2-3-12-9-13(5-6-15(12)17)18(21)19-16-11-20-8-7-14(16)10-20/h2-6,9,14,16H,7-8,10-11H2,1H3,(H,19,21). The highest BCUT2D eigenvalue weighted by Crippen LogP contribution is 2.29. The Labute approximate surface area is 130 Å². The molecule has 2 aliphatic heterocycles. The normalized spacial score (nSPS) is 26.3. The van der Waals surface area contributed by atoms with Crippen LogP contribution in [-0.2, 0) is 0 Å². The first-order chi connectivity index (χ1) is 10.7. The molecule has 0 radical (unpaired) electrons. The van der Waals surface area contributed by atoms with Gasteiger partial charge in [-0.15, -0.1) is 0 Å². The maximum atomic E-state index is 12.5. The summed E-state index contributed by atoms with van der Waals surface area (Å²) in [5.74, 6) is 1.50. The second-order valence-corrected chi connectivity index (χ2v) is 6.28. The molecule has 2 aromatic carbocycles. The van der Waals surface area contributed by atoms with Crippen LogP contribution in [0, 0.1) is 5.92 Å². The molecule has 2 fully saturated rings. The first-order valence-electron chi connectivity index (χ1n) is 7.84. The summed E-state index contributed by atoms with van der Waals surface area (Å²) < 4.78 is 5.36. The van der Waals surface area contributed by atoms with E-state index >= 15 is 0 Å². The molecule has 2 aromatic rings. The van der Waals surface area contributed by atoms with Crippen LogP contribution in [0.15, 0.2) is 36.4 Å². The molecule has 2 aliphatic rings. The third-order valence-electron chi connectivity index (χ3n) is 4.97. The number of benzene rings is 2. The highest BCUT2D eigenvalue weighted by molar-refractivity contribution is 6.00. The number of hydrogen-bond acceptors (Lipinski definition) is 3. The van der Waals surface area contributed by atoms with Crippen LogP contribution in [0.3, 0.4) is 0 Å². The zero-order valence-electron chi connectivity index (χ0n) is 12.7. The molecule has 2 heterocycles. The molecule has 4 nitrogen and oxygen atoms in total. The predicted octanol–water partition coefficient (Wildman–Crippen LogP) is 2.28. The van der Waals surface area contributed by atoms with Crippen molar-refractivity contribution in [1.82, 2.24) is 10.2 Å². The van der Waals surface area contributed by atoms with Crippen molar-refractivity contribution in [1.29, 1.82) is 0 Å². The monoisotopic (exact) mass is 296 g/mol. The van der Waals surface area contributed by atoms with Crippen molar-refractivity contribution >= 4 is 16.7 Å². The maximum Gasteiger partial charge on any atom is 0.251 e. The number of amides is 1. The summed E-state index contributed by atoms with van der Waals surface area (Å²) in [6.45, 7) is 3.32. The van der Waals surface area contributed by atoms with Crippen molar-refractivity contribution in [3.8, 4) is 5.75 Å². The van der Waals surface area contributed by atoms with Crippen LogP contribution in [0.1, 0.15) is 16.8 Å². The van der Waals surface area contributed by atoms with Crippen molar-refractivity contribution in [2.45, 2.75) is 12.5 Å². The fourth-order valence-electron chi connectivity index (χ4n) is 3.77. The number of carbonyl (C=O) groups is 1. The lowest BCUT2D eigenvalue weighted by Gasteiger charge is -2.23. The zero-order valence-corrected chi connectivity index (χ0v) is 12.7. The lowest BCUT2D eigenvalue weighted by Crippen LogP contribution is -2.43. The van der Waals surface area contributed by atoms with Gasteiger partial charge in [-0.05, 0) is 48.5 Å². The van der Waals surface area contributed by atoms with Crippen LogP contribution in [0.4, 0.5) is 0 Å². The van der Waals surface area contributed by atoms with E-state index in [0.29, 0.717) is 12.0 Å². The SMILES string of the molecule is COc1cccc2cc(C(=O)NC3CN4CCC3C4)ccc12. The van der Waals surface area contributed by atoms with Gasteiger partial charge in [-0.3, -0.25) is 4.79 Å². The maximum absolute atomic E-state index is 12.5. The predicted molar refractivity (Wildman–Crippen MR) is 86.3 cm³/mol. The Balaban J connectivity index is 1.57. The van der Waals surface area contributed by atoms with E-state index in [9.17, 15) is 4.79 Å². The number of nitrogens with zero attached hydrogens (tertiary/aromatic N) is 1. The van der Waals surface area contributed by atoms with Gasteiger partial charge in [0.25, 0.3) is 5.91 Å². The number of piperidine rings is 1. The molecule has 2 bridgehead atoms. The number of nitrogens with one attached hydrogen (secondary N) is 1. The van der Waals surface area contributed by atoms with Gasteiger partial charge in [0.05, 0.1) is 7.11 Å².